The lowest BCUT2D eigenvalue weighted by atomic mass is 10.1. The monoisotopic (exact) mass is 377 g/mol. The standard InChI is InChI=1S/C12H20BrN5O2S/c1-8-6-18(7-9(2)17(8)3)21(19,20)11-4-10(13)5-15-12(11)16-14/h4-5,8-9H,6-7,14H2,1-3H3,(H,15,16). The highest BCUT2D eigenvalue weighted by Gasteiger charge is 2.35. The summed E-state index contributed by atoms with van der Waals surface area (Å²) in [5.41, 5.74) is 2.35. The van der Waals surface area contributed by atoms with Gasteiger partial charge in [-0.05, 0) is 42.9 Å². The molecule has 7 nitrogen and oxygen atoms in total. The second-order valence-electron chi connectivity index (χ2n) is 5.33. The summed E-state index contributed by atoms with van der Waals surface area (Å²) in [6.07, 6.45) is 1.50. The molecule has 2 atom stereocenters. The van der Waals surface area contributed by atoms with Crippen molar-refractivity contribution in [2.75, 3.05) is 25.6 Å². The van der Waals surface area contributed by atoms with Crippen LogP contribution in [-0.4, -0.2) is 54.8 Å². The number of halogens is 1. The van der Waals surface area contributed by atoms with Crippen molar-refractivity contribution in [1.82, 2.24) is 14.2 Å². The first-order valence-electron chi connectivity index (χ1n) is 6.61. The summed E-state index contributed by atoms with van der Waals surface area (Å²) in [5.74, 6) is 5.53. The normalized spacial score (nSPS) is 25.0. The smallest absolute Gasteiger partial charge is 0.246 e. The lowest BCUT2D eigenvalue weighted by molar-refractivity contribution is 0.105. The molecule has 0 radical (unpaired) electrons. The number of hydrazine groups is 1. The van der Waals surface area contributed by atoms with Crippen molar-refractivity contribution >= 4 is 31.8 Å². The van der Waals surface area contributed by atoms with Gasteiger partial charge in [0, 0.05) is 35.8 Å². The number of nitrogens with zero attached hydrogens (tertiary/aromatic N) is 3. The van der Waals surface area contributed by atoms with E-state index in [1.54, 1.807) is 0 Å². The third kappa shape index (κ3) is 3.21. The van der Waals surface area contributed by atoms with E-state index >= 15 is 0 Å². The molecule has 2 unspecified atom stereocenters. The lowest BCUT2D eigenvalue weighted by Crippen LogP contribution is -2.56. The van der Waals surface area contributed by atoms with Gasteiger partial charge in [-0.1, -0.05) is 0 Å². The van der Waals surface area contributed by atoms with E-state index in [9.17, 15) is 8.42 Å². The minimum Gasteiger partial charge on any atom is -0.307 e. The Kier molecular flexibility index (Phi) is 4.89. The van der Waals surface area contributed by atoms with Crippen LogP contribution in [0.2, 0.25) is 0 Å². The Morgan fingerprint density at radius 3 is 2.48 bits per heavy atom. The zero-order valence-corrected chi connectivity index (χ0v) is 14.6. The van der Waals surface area contributed by atoms with Crippen molar-refractivity contribution in [3.05, 3.63) is 16.7 Å². The van der Waals surface area contributed by atoms with Crippen molar-refractivity contribution < 1.29 is 8.42 Å². The first-order valence-corrected chi connectivity index (χ1v) is 8.85. The second kappa shape index (κ2) is 6.17. The number of rotatable bonds is 3. The van der Waals surface area contributed by atoms with Gasteiger partial charge in [-0.15, -0.1) is 0 Å². The van der Waals surface area contributed by atoms with E-state index < -0.39 is 10.0 Å². The number of aromatic nitrogens is 1. The van der Waals surface area contributed by atoms with Crippen LogP contribution in [0.4, 0.5) is 5.82 Å². The van der Waals surface area contributed by atoms with Gasteiger partial charge in [0.25, 0.3) is 0 Å². The molecule has 21 heavy (non-hydrogen) atoms. The first-order chi connectivity index (χ1) is 9.77. The molecule has 3 N–H and O–H groups in total. The number of nitrogens with one attached hydrogen (secondary N) is 1. The van der Waals surface area contributed by atoms with E-state index in [1.807, 2.05) is 20.9 Å². The van der Waals surface area contributed by atoms with E-state index in [0.717, 1.165) is 0 Å². The van der Waals surface area contributed by atoms with E-state index in [0.29, 0.717) is 17.6 Å². The Labute approximate surface area is 133 Å². The molecule has 0 spiro atoms. The highest BCUT2D eigenvalue weighted by atomic mass is 79.9. The van der Waals surface area contributed by atoms with Crippen LogP contribution in [0.15, 0.2) is 21.6 Å². The highest BCUT2D eigenvalue weighted by molar-refractivity contribution is 9.10. The molecular formula is C12H20BrN5O2S. The third-order valence-electron chi connectivity index (χ3n) is 3.90. The van der Waals surface area contributed by atoms with E-state index in [4.69, 9.17) is 5.84 Å². The molecule has 1 saturated heterocycles. The lowest BCUT2D eigenvalue weighted by Gasteiger charge is -2.41. The number of hydrogen-bond donors (Lipinski definition) is 2. The zero-order chi connectivity index (χ0) is 15.8. The summed E-state index contributed by atoms with van der Waals surface area (Å²) < 4.78 is 27.8. The Hall–Kier alpha value is -0.740. The Bertz CT molecular complexity index is 612. The minimum atomic E-state index is -3.64. The molecule has 9 heteroatoms. The fraction of sp³-hybridized carbons (Fsp3) is 0.583. The molecule has 1 aromatic rings. The molecule has 1 aliphatic rings. The summed E-state index contributed by atoms with van der Waals surface area (Å²) in [6.45, 7) is 4.91. The summed E-state index contributed by atoms with van der Waals surface area (Å²) in [5, 5.41) is 0. The number of sulfonamides is 1. The first kappa shape index (κ1) is 16.6. The average molecular weight is 378 g/mol. The molecule has 0 aliphatic carbocycles. The van der Waals surface area contributed by atoms with Gasteiger partial charge in [-0.2, -0.15) is 4.31 Å². The molecule has 0 bridgehead atoms. The summed E-state index contributed by atoms with van der Waals surface area (Å²) in [6, 6.07) is 1.82. The van der Waals surface area contributed by atoms with Gasteiger partial charge in [0.1, 0.15) is 4.90 Å². The van der Waals surface area contributed by atoms with Crippen LogP contribution >= 0.6 is 15.9 Å². The SMILES string of the molecule is CC1CN(S(=O)(=O)c2cc(Br)cnc2NN)CC(C)N1C. The summed E-state index contributed by atoms with van der Waals surface area (Å²) in [4.78, 5) is 6.27. The Morgan fingerprint density at radius 2 is 1.95 bits per heavy atom. The molecule has 0 saturated carbocycles. The van der Waals surface area contributed by atoms with Crippen molar-refractivity contribution in [3.8, 4) is 0 Å². The maximum absolute atomic E-state index is 12.9. The third-order valence-corrected chi connectivity index (χ3v) is 6.18. The van der Waals surface area contributed by atoms with Crippen LogP contribution in [0.3, 0.4) is 0 Å². The number of anilines is 1. The Balaban J connectivity index is 2.41. The van der Waals surface area contributed by atoms with Gasteiger partial charge in [0.05, 0.1) is 0 Å². The molecule has 1 aromatic heterocycles. The van der Waals surface area contributed by atoms with Gasteiger partial charge in [-0.3, -0.25) is 4.90 Å². The van der Waals surface area contributed by atoms with Crippen molar-refractivity contribution in [2.24, 2.45) is 5.84 Å². The molecule has 118 valence electrons. The quantitative estimate of drug-likeness (QED) is 0.599. The van der Waals surface area contributed by atoms with E-state index in [-0.39, 0.29) is 22.8 Å². The molecule has 0 amide bonds. The Morgan fingerprint density at radius 1 is 1.38 bits per heavy atom. The van der Waals surface area contributed by atoms with Gasteiger partial charge < -0.3 is 5.43 Å². The number of pyridine rings is 1. The maximum Gasteiger partial charge on any atom is 0.246 e. The predicted molar refractivity (Wildman–Crippen MR) is 85.2 cm³/mol. The van der Waals surface area contributed by atoms with Gasteiger partial charge in [0.15, 0.2) is 5.82 Å². The molecule has 2 heterocycles. The number of nitrogen functional groups attached to an aromatic ring is 1. The van der Waals surface area contributed by atoms with Crippen LogP contribution in [-0.2, 0) is 10.0 Å². The van der Waals surface area contributed by atoms with Crippen LogP contribution in [0.5, 0.6) is 0 Å². The van der Waals surface area contributed by atoms with Gasteiger partial charge in [0.2, 0.25) is 10.0 Å². The summed E-state index contributed by atoms with van der Waals surface area (Å²) in [7, 11) is -1.64. The molecule has 1 fully saturated rings. The minimum absolute atomic E-state index is 0.0864. The number of hydrogen-bond acceptors (Lipinski definition) is 6. The van der Waals surface area contributed by atoms with Crippen LogP contribution in [0.25, 0.3) is 0 Å². The average Bonchev–Trinajstić information content (AvgIpc) is 2.44. The van der Waals surface area contributed by atoms with Crippen molar-refractivity contribution in [2.45, 2.75) is 30.8 Å². The van der Waals surface area contributed by atoms with E-state index in [1.165, 1.54) is 16.6 Å². The number of piperazine rings is 1. The topological polar surface area (TPSA) is 91.6 Å². The van der Waals surface area contributed by atoms with Crippen LogP contribution in [0.1, 0.15) is 13.8 Å². The van der Waals surface area contributed by atoms with Gasteiger partial charge in [-0.25, -0.2) is 19.2 Å². The van der Waals surface area contributed by atoms with E-state index in [2.05, 4.69) is 31.2 Å². The van der Waals surface area contributed by atoms with Crippen molar-refractivity contribution in [3.63, 3.8) is 0 Å². The summed E-state index contributed by atoms with van der Waals surface area (Å²) >= 11 is 3.25. The molecule has 2 rings (SSSR count). The number of likely N-dealkylation sites (N-methyl/N-ethyl adjacent to an activating group) is 1. The van der Waals surface area contributed by atoms with Crippen LogP contribution < -0.4 is 11.3 Å². The van der Waals surface area contributed by atoms with Crippen LogP contribution in [0, 0.1) is 0 Å². The fourth-order valence-electron chi connectivity index (χ4n) is 2.42. The fourth-order valence-corrected chi connectivity index (χ4v) is 4.63. The zero-order valence-electron chi connectivity index (χ0n) is 12.2. The van der Waals surface area contributed by atoms with Crippen molar-refractivity contribution in [1.29, 1.82) is 0 Å². The van der Waals surface area contributed by atoms with Gasteiger partial charge >= 0.3 is 0 Å². The largest absolute Gasteiger partial charge is 0.307 e. The highest BCUT2D eigenvalue weighted by Crippen LogP contribution is 2.28. The second-order valence-corrected chi connectivity index (χ2v) is 8.15. The molecular weight excluding hydrogens is 358 g/mol. The molecule has 1 aliphatic heterocycles. The number of nitrogens with two attached hydrogens (primary N) is 1. The maximum atomic E-state index is 12.9. The predicted octanol–water partition coefficient (Wildman–Crippen LogP) is 0.843. The molecule has 0 aromatic carbocycles.